The smallest absolute Gasteiger partial charge is 0.449 e. The van der Waals surface area contributed by atoms with Gasteiger partial charge in [-0.25, -0.2) is 4.79 Å². The molecule has 1 rings (SSSR count). The normalized spacial score (nSPS) is 29.9. The van der Waals surface area contributed by atoms with E-state index in [1.54, 1.807) is 0 Å². The van der Waals surface area contributed by atoms with Crippen LogP contribution in [0.25, 0.3) is 0 Å². The van der Waals surface area contributed by atoms with Gasteiger partial charge in [0.25, 0.3) is 0 Å². The molecule has 0 amide bonds. The first-order valence-corrected chi connectivity index (χ1v) is 5.20. The molecule has 10 heteroatoms. The average molecular weight is 306 g/mol. The van der Waals surface area contributed by atoms with Crippen molar-refractivity contribution in [3.63, 3.8) is 0 Å². The maximum atomic E-state index is 13.1. The number of hydrogen-bond acceptors (Lipinski definition) is 5. The second-order valence-electron chi connectivity index (χ2n) is 4.08. The Labute approximate surface area is 109 Å². The van der Waals surface area contributed by atoms with E-state index in [-0.39, 0.29) is 5.57 Å². The number of esters is 1. The van der Waals surface area contributed by atoms with Gasteiger partial charge in [-0.3, -0.25) is 0 Å². The van der Waals surface area contributed by atoms with Gasteiger partial charge in [0.1, 0.15) is 13.2 Å². The highest BCUT2D eigenvalue weighted by atomic mass is 19.4. The molecule has 0 aromatic carbocycles. The molecule has 2 unspecified atom stereocenters. The van der Waals surface area contributed by atoms with E-state index >= 15 is 0 Å². The van der Waals surface area contributed by atoms with Crippen LogP contribution >= 0.6 is 0 Å². The Morgan fingerprint density at radius 3 is 2.50 bits per heavy atom. The van der Waals surface area contributed by atoms with Crippen LogP contribution in [0.5, 0.6) is 0 Å². The molecule has 1 aliphatic heterocycles. The first-order chi connectivity index (χ1) is 8.91. The molecule has 1 saturated heterocycles. The summed E-state index contributed by atoms with van der Waals surface area (Å²) in [6, 6.07) is 0. The van der Waals surface area contributed by atoms with Gasteiger partial charge >= 0.3 is 23.9 Å². The van der Waals surface area contributed by atoms with Gasteiger partial charge in [0.05, 0.1) is 0 Å². The van der Waals surface area contributed by atoms with Gasteiger partial charge in [-0.2, -0.15) is 22.0 Å². The van der Waals surface area contributed by atoms with Gasteiger partial charge in [-0.1, -0.05) is 6.58 Å². The van der Waals surface area contributed by atoms with E-state index in [4.69, 9.17) is 5.11 Å². The fourth-order valence-electron chi connectivity index (χ4n) is 1.23. The summed E-state index contributed by atoms with van der Waals surface area (Å²) in [6.45, 7) is 1.83. The van der Waals surface area contributed by atoms with Crippen LogP contribution in [0, 0.1) is 0 Å². The summed E-state index contributed by atoms with van der Waals surface area (Å²) in [7, 11) is 0. The largest absolute Gasteiger partial charge is 0.457 e. The third kappa shape index (κ3) is 3.07. The Kier molecular flexibility index (Phi) is 4.42. The van der Waals surface area contributed by atoms with Gasteiger partial charge in [0.15, 0.2) is 6.29 Å². The molecule has 0 radical (unpaired) electrons. The quantitative estimate of drug-likeness (QED) is 0.484. The van der Waals surface area contributed by atoms with Crippen molar-refractivity contribution in [3.8, 4) is 0 Å². The van der Waals surface area contributed by atoms with E-state index in [9.17, 15) is 26.7 Å². The Balaban J connectivity index is 2.77. The van der Waals surface area contributed by atoms with E-state index < -0.39 is 43.4 Å². The first kappa shape index (κ1) is 16.8. The van der Waals surface area contributed by atoms with Crippen molar-refractivity contribution in [1.82, 2.24) is 0 Å². The van der Waals surface area contributed by atoms with Crippen molar-refractivity contribution in [2.24, 2.45) is 0 Å². The van der Waals surface area contributed by atoms with Crippen LogP contribution in [0.1, 0.15) is 6.92 Å². The predicted molar refractivity (Wildman–Crippen MR) is 52.5 cm³/mol. The minimum absolute atomic E-state index is 0.0581. The zero-order chi connectivity index (χ0) is 15.8. The molecule has 0 bridgehead atoms. The first-order valence-electron chi connectivity index (χ1n) is 5.20. The SMILES string of the molecule is C=C(C)C(=O)OCC1OCC(F)(F)C(O)(C(F)(F)F)O1. The molecule has 1 N–H and O–H groups in total. The lowest BCUT2D eigenvalue weighted by atomic mass is 10.1. The van der Waals surface area contributed by atoms with Crippen LogP contribution in [0.3, 0.4) is 0 Å². The van der Waals surface area contributed by atoms with Crippen molar-refractivity contribution in [3.05, 3.63) is 12.2 Å². The van der Waals surface area contributed by atoms with Crippen molar-refractivity contribution < 1.29 is 46.1 Å². The molecule has 0 saturated carbocycles. The maximum Gasteiger partial charge on any atom is 0.449 e. The van der Waals surface area contributed by atoms with Crippen LogP contribution in [-0.2, 0) is 19.0 Å². The summed E-state index contributed by atoms with van der Waals surface area (Å²) >= 11 is 0. The number of hydrogen-bond donors (Lipinski definition) is 1. The summed E-state index contributed by atoms with van der Waals surface area (Å²) in [6.07, 6.45) is -7.73. The Morgan fingerprint density at radius 2 is 2.05 bits per heavy atom. The summed E-state index contributed by atoms with van der Waals surface area (Å²) < 4.78 is 76.2. The van der Waals surface area contributed by atoms with Crippen LogP contribution in [-0.4, -0.2) is 48.5 Å². The fraction of sp³-hybridized carbons (Fsp3) is 0.700. The molecule has 0 aliphatic carbocycles. The monoisotopic (exact) mass is 306 g/mol. The minimum atomic E-state index is -5.75. The second-order valence-corrected chi connectivity index (χ2v) is 4.08. The highest BCUT2D eigenvalue weighted by Gasteiger charge is 2.73. The third-order valence-corrected chi connectivity index (χ3v) is 2.33. The van der Waals surface area contributed by atoms with E-state index in [1.807, 2.05) is 0 Å². The highest BCUT2D eigenvalue weighted by molar-refractivity contribution is 5.86. The maximum absolute atomic E-state index is 13.1. The zero-order valence-corrected chi connectivity index (χ0v) is 10.2. The zero-order valence-electron chi connectivity index (χ0n) is 10.2. The van der Waals surface area contributed by atoms with Crippen LogP contribution in [0.2, 0.25) is 0 Å². The van der Waals surface area contributed by atoms with Gasteiger partial charge in [0.2, 0.25) is 0 Å². The number of rotatable bonds is 3. The molecular formula is C10H11F5O5. The van der Waals surface area contributed by atoms with E-state index in [2.05, 4.69) is 20.8 Å². The lowest BCUT2D eigenvalue weighted by Gasteiger charge is -2.42. The molecule has 1 heterocycles. The molecule has 0 aromatic rings. The molecular weight excluding hydrogens is 295 g/mol. The van der Waals surface area contributed by atoms with E-state index in [0.717, 1.165) is 0 Å². The van der Waals surface area contributed by atoms with Crippen molar-refractivity contribution in [1.29, 1.82) is 0 Å². The molecule has 2 atom stereocenters. The van der Waals surface area contributed by atoms with Gasteiger partial charge < -0.3 is 19.3 Å². The standard InChI is InChI=1S/C10H11F5O5/c1-5(2)7(16)18-3-6-19-4-8(11,12)9(17,20-6)10(13,14)15/h6,17H,1,3-4H2,2H3. The summed E-state index contributed by atoms with van der Waals surface area (Å²) in [5.41, 5.74) is -0.0581. The molecule has 20 heavy (non-hydrogen) atoms. The number of halogens is 5. The third-order valence-electron chi connectivity index (χ3n) is 2.33. The number of carbonyl (C=O) groups is 1. The Morgan fingerprint density at radius 1 is 1.50 bits per heavy atom. The van der Waals surface area contributed by atoms with Crippen LogP contribution in [0.15, 0.2) is 12.2 Å². The lowest BCUT2D eigenvalue weighted by Crippen LogP contribution is -2.67. The molecule has 5 nitrogen and oxygen atoms in total. The van der Waals surface area contributed by atoms with Gasteiger partial charge in [0, 0.05) is 5.57 Å². The van der Waals surface area contributed by atoms with Crippen molar-refractivity contribution >= 4 is 5.97 Å². The summed E-state index contributed by atoms with van der Waals surface area (Å²) in [4.78, 5) is 11.0. The Bertz CT molecular complexity index is 407. The average Bonchev–Trinajstić information content (AvgIpc) is 2.28. The Hall–Kier alpha value is -1.26. The van der Waals surface area contributed by atoms with Gasteiger partial charge in [-0.05, 0) is 6.92 Å². The van der Waals surface area contributed by atoms with Crippen molar-refractivity contribution in [2.45, 2.75) is 31.1 Å². The van der Waals surface area contributed by atoms with Crippen LogP contribution < -0.4 is 0 Å². The van der Waals surface area contributed by atoms with E-state index in [0.29, 0.717) is 0 Å². The second kappa shape index (κ2) is 5.26. The molecule has 1 fully saturated rings. The number of aliphatic hydroxyl groups is 1. The molecule has 0 aromatic heterocycles. The highest BCUT2D eigenvalue weighted by Crippen LogP contribution is 2.46. The topological polar surface area (TPSA) is 65.0 Å². The number of alkyl halides is 5. The van der Waals surface area contributed by atoms with Crippen molar-refractivity contribution in [2.75, 3.05) is 13.2 Å². The molecule has 1 aliphatic rings. The van der Waals surface area contributed by atoms with Crippen LogP contribution in [0.4, 0.5) is 22.0 Å². The lowest BCUT2D eigenvalue weighted by molar-refractivity contribution is -0.490. The van der Waals surface area contributed by atoms with E-state index in [1.165, 1.54) is 6.92 Å². The fourth-order valence-corrected chi connectivity index (χ4v) is 1.23. The number of ether oxygens (including phenoxy) is 3. The minimum Gasteiger partial charge on any atom is -0.457 e. The summed E-state index contributed by atoms with van der Waals surface area (Å²) in [5, 5.41) is 9.05. The molecule has 116 valence electrons. The number of carbonyl (C=O) groups excluding carboxylic acids is 1. The predicted octanol–water partition coefficient (Wildman–Crippen LogP) is 1.36. The molecule has 0 spiro atoms. The summed E-state index contributed by atoms with van der Waals surface area (Å²) in [5.74, 6) is -10.4. The van der Waals surface area contributed by atoms with Gasteiger partial charge in [-0.15, -0.1) is 0 Å².